The van der Waals surface area contributed by atoms with Crippen LogP contribution in [0, 0.1) is 5.92 Å². The minimum absolute atomic E-state index is 0.246. The molecule has 0 radical (unpaired) electrons. The van der Waals surface area contributed by atoms with Gasteiger partial charge >= 0.3 is 5.97 Å². The quantitative estimate of drug-likeness (QED) is 0.777. The van der Waals surface area contributed by atoms with E-state index in [0.29, 0.717) is 11.3 Å². The van der Waals surface area contributed by atoms with Crippen molar-refractivity contribution in [1.29, 1.82) is 0 Å². The van der Waals surface area contributed by atoms with Crippen LogP contribution in [0.1, 0.15) is 18.4 Å². The van der Waals surface area contributed by atoms with Crippen molar-refractivity contribution < 1.29 is 23.0 Å². The molecule has 1 aliphatic rings. The van der Waals surface area contributed by atoms with Gasteiger partial charge in [-0.25, -0.2) is 8.78 Å². The van der Waals surface area contributed by atoms with E-state index in [2.05, 4.69) is 4.74 Å². The third-order valence-corrected chi connectivity index (χ3v) is 3.12. The number of esters is 1. The molecule has 1 fully saturated rings. The summed E-state index contributed by atoms with van der Waals surface area (Å²) in [7, 11) is 1.49. The molecule has 0 aliphatic heterocycles. The molecule has 98 valence electrons. The molecule has 5 heteroatoms. The zero-order valence-electron chi connectivity index (χ0n) is 10.2. The molecule has 0 N–H and O–H groups in total. The number of ether oxygens (including phenoxy) is 2. The van der Waals surface area contributed by atoms with Crippen molar-refractivity contribution in [2.45, 2.75) is 18.8 Å². The first-order valence-electron chi connectivity index (χ1n) is 5.62. The Morgan fingerprint density at radius 2 is 2.17 bits per heavy atom. The van der Waals surface area contributed by atoms with Gasteiger partial charge in [0.1, 0.15) is 12.4 Å². The summed E-state index contributed by atoms with van der Waals surface area (Å²) in [5, 5.41) is 0. The van der Waals surface area contributed by atoms with Crippen molar-refractivity contribution in [1.82, 2.24) is 0 Å². The molecule has 0 heterocycles. The normalized spacial score (nSPS) is 24.4. The number of hydrogen-bond acceptors (Lipinski definition) is 3. The first-order chi connectivity index (χ1) is 8.46. The summed E-state index contributed by atoms with van der Waals surface area (Å²) < 4.78 is 36.9. The minimum atomic E-state index is -2.82. The molecule has 18 heavy (non-hydrogen) atoms. The molecular weight excluding hydrogens is 242 g/mol. The Hall–Kier alpha value is -1.65. The summed E-state index contributed by atoms with van der Waals surface area (Å²) in [5.74, 6) is -4.65. The van der Waals surface area contributed by atoms with E-state index in [1.807, 2.05) is 0 Å². The van der Waals surface area contributed by atoms with Crippen LogP contribution < -0.4 is 4.74 Å². The smallest absolute Gasteiger partial charge is 0.302 e. The third kappa shape index (κ3) is 2.30. The molecule has 0 spiro atoms. The SMILES string of the molecule is COc1cccc([C@H]2[C@H](COC(C)=O)C2(F)F)c1. The van der Waals surface area contributed by atoms with E-state index >= 15 is 0 Å². The van der Waals surface area contributed by atoms with Crippen LogP contribution in [0.4, 0.5) is 8.78 Å². The molecule has 1 saturated carbocycles. The molecule has 2 atom stereocenters. The lowest BCUT2D eigenvalue weighted by atomic mass is 10.1. The summed E-state index contributed by atoms with van der Waals surface area (Å²) >= 11 is 0. The van der Waals surface area contributed by atoms with Gasteiger partial charge in [0.2, 0.25) is 0 Å². The average molecular weight is 256 g/mol. The van der Waals surface area contributed by atoms with E-state index in [9.17, 15) is 13.6 Å². The van der Waals surface area contributed by atoms with Gasteiger partial charge in [-0.2, -0.15) is 0 Å². The fraction of sp³-hybridized carbons (Fsp3) is 0.462. The Labute approximate surface area is 104 Å². The predicted molar refractivity (Wildman–Crippen MR) is 60.8 cm³/mol. The van der Waals surface area contributed by atoms with E-state index in [4.69, 9.17) is 4.74 Å². The fourth-order valence-electron chi connectivity index (χ4n) is 2.09. The Kier molecular flexibility index (Phi) is 3.24. The van der Waals surface area contributed by atoms with E-state index in [1.165, 1.54) is 14.0 Å². The van der Waals surface area contributed by atoms with Gasteiger partial charge in [0.05, 0.1) is 18.9 Å². The number of hydrogen-bond donors (Lipinski definition) is 0. The topological polar surface area (TPSA) is 35.5 Å². The highest BCUT2D eigenvalue weighted by Crippen LogP contribution is 2.61. The maximum absolute atomic E-state index is 13.6. The van der Waals surface area contributed by atoms with Crippen molar-refractivity contribution in [3.05, 3.63) is 29.8 Å². The van der Waals surface area contributed by atoms with Crippen LogP contribution >= 0.6 is 0 Å². The lowest BCUT2D eigenvalue weighted by Crippen LogP contribution is -2.06. The number of carbonyl (C=O) groups excluding carboxylic acids is 1. The predicted octanol–water partition coefficient (Wildman–Crippen LogP) is 2.61. The van der Waals surface area contributed by atoms with Crippen LogP contribution in [0.5, 0.6) is 5.75 Å². The number of methoxy groups -OCH3 is 1. The maximum Gasteiger partial charge on any atom is 0.302 e. The van der Waals surface area contributed by atoms with Crippen LogP contribution in [0.25, 0.3) is 0 Å². The van der Waals surface area contributed by atoms with Crippen LogP contribution in [-0.4, -0.2) is 25.6 Å². The summed E-state index contributed by atoms with van der Waals surface area (Å²) in [6.45, 7) is 0.964. The fourth-order valence-corrected chi connectivity index (χ4v) is 2.09. The zero-order chi connectivity index (χ0) is 13.3. The molecule has 0 amide bonds. The Morgan fingerprint density at radius 3 is 2.78 bits per heavy atom. The van der Waals surface area contributed by atoms with Gasteiger partial charge in [0.15, 0.2) is 0 Å². The van der Waals surface area contributed by atoms with E-state index in [-0.39, 0.29) is 6.61 Å². The van der Waals surface area contributed by atoms with Gasteiger partial charge in [0.25, 0.3) is 5.92 Å². The summed E-state index contributed by atoms with van der Waals surface area (Å²) in [6.07, 6.45) is 0. The van der Waals surface area contributed by atoms with Gasteiger partial charge in [-0.05, 0) is 17.7 Å². The second kappa shape index (κ2) is 4.55. The number of carbonyl (C=O) groups is 1. The molecule has 1 aromatic carbocycles. The Morgan fingerprint density at radius 1 is 1.44 bits per heavy atom. The second-order valence-corrected chi connectivity index (χ2v) is 4.34. The van der Waals surface area contributed by atoms with Crippen molar-refractivity contribution in [3.8, 4) is 5.75 Å². The van der Waals surface area contributed by atoms with Gasteiger partial charge in [-0.15, -0.1) is 0 Å². The largest absolute Gasteiger partial charge is 0.497 e. The van der Waals surface area contributed by atoms with Crippen LogP contribution in [0.3, 0.4) is 0 Å². The molecule has 0 aromatic heterocycles. The van der Waals surface area contributed by atoms with Crippen molar-refractivity contribution in [2.75, 3.05) is 13.7 Å². The van der Waals surface area contributed by atoms with E-state index in [1.54, 1.807) is 24.3 Å². The Balaban J connectivity index is 2.11. The molecule has 1 aromatic rings. The first-order valence-corrected chi connectivity index (χ1v) is 5.62. The van der Waals surface area contributed by atoms with Crippen LogP contribution in [0.2, 0.25) is 0 Å². The maximum atomic E-state index is 13.6. The lowest BCUT2D eigenvalue weighted by molar-refractivity contribution is -0.142. The highest BCUT2D eigenvalue weighted by molar-refractivity contribution is 5.66. The molecule has 1 aliphatic carbocycles. The molecule has 0 saturated heterocycles. The van der Waals surface area contributed by atoms with Crippen LogP contribution in [-0.2, 0) is 9.53 Å². The second-order valence-electron chi connectivity index (χ2n) is 4.34. The summed E-state index contributed by atoms with van der Waals surface area (Å²) in [6, 6.07) is 6.60. The number of benzene rings is 1. The number of rotatable bonds is 4. The standard InChI is InChI=1S/C13H14F2O3/c1-8(16)18-7-11-12(13(11,14)15)9-4-3-5-10(6-9)17-2/h3-6,11-12H,7H2,1-2H3/t11-,12-/m0/s1. The van der Waals surface area contributed by atoms with Crippen LogP contribution in [0.15, 0.2) is 24.3 Å². The van der Waals surface area contributed by atoms with Gasteiger partial charge < -0.3 is 9.47 Å². The number of alkyl halides is 2. The molecular formula is C13H14F2O3. The summed E-state index contributed by atoms with van der Waals surface area (Å²) in [5.41, 5.74) is 0.511. The number of halogens is 2. The average Bonchev–Trinajstić information content (AvgIpc) is 2.88. The Bertz CT molecular complexity index is 459. The highest BCUT2D eigenvalue weighted by Gasteiger charge is 2.69. The molecule has 3 nitrogen and oxygen atoms in total. The molecule has 0 unspecified atom stereocenters. The zero-order valence-corrected chi connectivity index (χ0v) is 10.2. The summed E-state index contributed by atoms with van der Waals surface area (Å²) in [4.78, 5) is 10.6. The monoisotopic (exact) mass is 256 g/mol. The van der Waals surface area contributed by atoms with E-state index < -0.39 is 23.7 Å². The third-order valence-electron chi connectivity index (χ3n) is 3.12. The first kappa shape index (κ1) is 12.8. The van der Waals surface area contributed by atoms with Gasteiger partial charge in [-0.1, -0.05) is 12.1 Å². The van der Waals surface area contributed by atoms with Gasteiger partial charge in [0, 0.05) is 6.92 Å². The highest BCUT2D eigenvalue weighted by atomic mass is 19.3. The molecule has 2 rings (SSSR count). The van der Waals surface area contributed by atoms with Crippen molar-refractivity contribution in [3.63, 3.8) is 0 Å². The minimum Gasteiger partial charge on any atom is -0.497 e. The van der Waals surface area contributed by atoms with E-state index in [0.717, 1.165) is 0 Å². The molecule has 0 bridgehead atoms. The van der Waals surface area contributed by atoms with Crippen molar-refractivity contribution >= 4 is 5.97 Å². The van der Waals surface area contributed by atoms with Gasteiger partial charge in [-0.3, -0.25) is 4.79 Å². The lowest BCUT2D eigenvalue weighted by Gasteiger charge is -2.03. The van der Waals surface area contributed by atoms with Crippen molar-refractivity contribution in [2.24, 2.45) is 5.92 Å².